The zero-order valence-corrected chi connectivity index (χ0v) is 13.2. The van der Waals surface area contributed by atoms with Gasteiger partial charge in [-0.25, -0.2) is 0 Å². The molecule has 0 saturated heterocycles. The fourth-order valence-electron chi connectivity index (χ4n) is 3.57. The molecule has 0 bridgehead atoms. The molecule has 2 nitrogen and oxygen atoms in total. The van der Waals surface area contributed by atoms with Gasteiger partial charge in [-0.3, -0.25) is 4.79 Å². The third-order valence-corrected chi connectivity index (χ3v) is 4.57. The second-order valence-electron chi connectivity index (χ2n) is 6.40. The fourth-order valence-corrected chi connectivity index (χ4v) is 3.57. The summed E-state index contributed by atoms with van der Waals surface area (Å²) in [6.07, 6.45) is 1.58. The monoisotopic (exact) mass is 301 g/mol. The number of hydrogen-bond acceptors (Lipinski definition) is 1. The van der Waals surface area contributed by atoms with Gasteiger partial charge in [0.1, 0.15) is 0 Å². The lowest BCUT2D eigenvalue weighted by atomic mass is 9.84. The predicted octanol–water partition coefficient (Wildman–Crippen LogP) is 5.11. The van der Waals surface area contributed by atoms with E-state index in [0.717, 1.165) is 40.1 Å². The van der Waals surface area contributed by atoms with E-state index < -0.39 is 0 Å². The number of Topliss-reactive ketones (excluding diaryl/α,β-unsaturated/α-hetero) is 1. The summed E-state index contributed by atoms with van der Waals surface area (Å²) in [5.41, 5.74) is 6.33. The number of nitrogens with one attached hydrogen (secondary N) is 1. The second-order valence-corrected chi connectivity index (χ2v) is 6.40. The molecule has 0 aliphatic heterocycles. The number of rotatable bonds is 2. The maximum absolute atomic E-state index is 12.7. The molecule has 2 heteroatoms. The van der Waals surface area contributed by atoms with Crippen LogP contribution in [0.1, 0.15) is 29.4 Å². The van der Waals surface area contributed by atoms with Gasteiger partial charge in [0.25, 0.3) is 0 Å². The minimum Gasteiger partial charge on any atom is -0.357 e. The highest BCUT2D eigenvalue weighted by Crippen LogP contribution is 2.40. The average molecular weight is 301 g/mol. The largest absolute Gasteiger partial charge is 0.357 e. The molecular weight excluding hydrogens is 282 g/mol. The number of H-pyrrole nitrogens is 1. The van der Waals surface area contributed by atoms with Crippen LogP contribution in [0.2, 0.25) is 0 Å². The van der Waals surface area contributed by atoms with Gasteiger partial charge in [0.2, 0.25) is 0 Å². The molecule has 1 aliphatic carbocycles. The molecule has 0 saturated carbocycles. The number of ketones is 1. The first-order chi connectivity index (χ1) is 11.2. The maximum atomic E-state index is 12.7. The van der Waals surface area contributed by atoms with Gasteiger partial charge in [0, 0.05) is 23.2 Å². The van der Waals surface area contributed by atoms with Crippen molar-refractivity contribution in [2.24, 2.45) is 5.92 Å². The van der Waals surface area contributed by atoms with Crippen LogP contribution < -0.4 is 0 Å². The highest BCUT2D eigenvalue weighted by atomic mass is 16.1. The van der Waals surface area contributed by atoms with Gasteiger partial charge in [-0.2, -0.15) is 0 Å². The molecule has 23 heavy (non-hydrogen) atoms. The molecule has 0 radical (unpaired) electrons. The highest BCUT2D eigenvalue weighted by Gasteiger charge is 2.30. The van der Waals surface area contributed by atoms with Gasteiger partial charge in [-0.05, 0) is 23.5 Å². The van der Waals surface area contributed by atoms with E-state index in [1.165, 1.54) is 0 Å². The standard InChI is InChI=1S/C21H19NO/c1-14-12-17-20(18(23)13-14)19(15-8-4-2-5-9-15)21(22-17)16-10-6-3-7-11-16/h2-11,14,22H,12-13H2,1H3. The Kier molecular flexibility index (Phi) is 3.38. The van der Waals surface area contributed by atoms with Gasteiger partial charge in [-0.15, -0.1) is 0 Å². The zero-order valence-electron chi connectivity index (χ0n) is 13.2. The molecule has 0 spiro atoms. The molecule has 1 unspecified atom stereocenters. The molecule has 1 N–H and O–H groups in total. The Balaban J connectivity index is 2.00. The Labute approximate surface area is 136 Å². The summed E-state index contributed by atoms with van der Waals surface area (Å²) in [6.45, 7) is 2.14. The summed E-state index contributed by atoms with van der Waals surface area (Å²) < 4.78 is 0. The van der Waals surface area contributed by atoms with Crippen molar-refractivity contribution in [3.63, 3.8) is 0 Å². The Morgan fingerprint density at radius 1 is 0.826 bits per heavy atom. The van der Waals surface area contributed by atoms with E-state index in [9.17, 15) is 4.79 Å². The van der Waals surface area contributed by atoms with E-state index in [-0.39, 0.29) is 5.78 Å². The van der Waals surface area contributed by atoms with Crippen LogP contribution in [0.15, 0.2) is 60.7 Å². The molecule has 1 atom stereocenters. The summed E-state index contributed by atoms with van der Waals surface area (Å²) >= 11 is 0. The van der Waals surface area contributed by atoms with Crippen LogP contribution in [-0.4, -0.2) is 10.8 Å². The SMILES string of the molecule is CC1CC(=O)c2c([nH]c(-c3ccccc3)c2-c2ccccc2)C1. The summed E-state index contributed by atoms with van der Waals surface area (Å²) in [7, 11) is 0. The number of benzene rings is 2. The molecule has 1 heterocycles. The summed E-state index contributed by atoms with van der Waals surface area (Å²) in [5, 5.41) is 0. The zero-order chi connectivity index (χ0) is 15.8. The van der Waals surface area contributed by atoms with E-state index in [0.29, 0.717) is 12.3 Å². The average Bonchev–Trinajstić information content (AvgIpc) is 2.96. The molecule has 1 aromatic heterocycles. The molecule has 0 amide bonds. The van der Waals surface area contributed by atoms with E-state index in [1.54, 1.807) is 0 Å². The van der Waals surface area contributed by atoms with Gasteiger partial charge in [-0.1, -0.05) is 67.6 Å². The van der Waals surface area contributed by atoms with E-state index in [2.05, 4.69) is 36.2 Å². The van der Waals surface area contributed by atoms with Crippen molar-refractivity contribution < 1.29 is 4.79 Å². The Morgan fingerprint density at radius 2 is 1.43 bits per heavy atom. The van der Waals surface area contributed by atoms with Gasteiger partial charge in [0.15, 0.2) is 5.78 Å². The van der Waals surface area contributed by atoms with Crippen LogP contribution in [0.3, 0.4) is 0 Å². The van der Waals surface area contributed by atoms with Crippen LogP contribution in [0.5, 0.6) is 0 Å². The summed E-state index contributed by atoms with van der Waals surface area (Å²) in [4.78, 5) is 16.3. The second kappa shape index (κ2) is 5.54. The lowest BCUT2D eigenvalue weighted by Crippen LogP contribution is -2.17. The first kappa shape index (κ1) is 14.0. The molecular formula is C21H19NO. The van der Waals surface area contributed by atoms with Crippen LogP contribution in [0.25, 0.3) is 22.4 Å². The number of fused-ring (bicyclic) bond motifs is 1. The minimum absolute atomic E-state index is 0.260. The minimum atomic E-state index is 0.260. The number of hydrogen-bond donors (Lipinski definition) is 1. The van der Waals surface area contributed by atoms with Crippen LogP contribution in [0.4, 0.5) is 0 Å². The molecule has 1 aliphatic rings. The van der Waals surface area contributed by atoms with E-state index in [4.69, 9.17) is 0 Å². The smallest absolute Gasteiger partial charge is 0.165 e. The van der Waals surface area contributed by atoms with Crippen molar-refractivity contribution in [1.82, 2.24) is 4.98 Å². The lowest BCUT2D eigenvalue weighted by Gasteiger charge is -2.18. The first-order valence-electron chi connectivity index (χ1n) is 8.13. The van der Waals surface area contributed by atoms with E-state index in [1.807, 2.05) is 36.4 Å². The van der Waals surface area contributed by atoms with Gasteiger partial charge >= 0.3 is 0 Å². The third-order valence-electron chi connectivity index (χ3n) is 4.57. The van der Waals surface area contributed by atoms with Crippen molar-refractivity contribution in [2.45, 2.75) is 19.8 Å². The van der Waals surface area contributed by atoms with Crippen molar-refractivity contribution in [3.8, 4) is 22.4 Å². The van der Waals surface area contributed by atoms with Crippen molar-refractivity contribution in [2.75, 3.05) is 0 Å². The van der Waals surface area contributed by atoms with Crippen molar-refractivity contribution in [3.05, 3.63) is 71.9 Å². The number of carbonyl (C=O) groups excluding carboxylic acids is 1. The third kappa shape index (κ3) is 2.40. The van der Waals surface area contributed by atoms with Crippen LogP contribution in [0, 0.1) is 5.92 Å². The van der Waals surface area contributed by atoms with Gasteiger partial charge in [0.05, 0.1) is 5.69 Å². The number of aromatic amines is 1. The molecule has 0 fully saturated rings. The maximum Gasteiger partial charge on any atom is 0.165 e. The first-order valence-corrected chi connectivity index (χ1v) is 8.13. The van der Waals surface area contributed by atoms with Crippen molar-refractivity contribution >= 4 is 5.78 Å². The van der Waals surface area contributed by atoms with Crippen molar-refractivity contribution in [1.29, 1.82) is 0 Å². The number of aromatic nitrogens is 1. The predicted molar refractivity (Wildman–Crippen MR) is 93.5 cm³/mol. The summed E-state index contributed by atoms with van der Waals surface area (Å²) in [6, 6.07) is 20.5. The quantitative estimate of drug-likeness (QED) is 0.700. The normalized spacial score (nSPS) is 17.1. The molecule has 3 aromatic rings. The van der Waals surface area contributed by atoms with Gasteiger partial charge < -0.3 is 4.98 Å². The summed E-state index contributed by atoms with van der Waals surface area (Å²) in [5.74, 6) is 0.664. The molecule has 114 valence electrons. The fraction of sp³-hybridized carbons (Fsp3) is 0.190. The molecule has 2 aromatic carbocycles. The lowest BCUT2D eigenvalue weighted by molar-refractivity contribution is 0.0954. The highest BCUT2D eigenvalue weighted by molar-refractivity contribution is 6.08. The van der Waals surface area contributed by atoms with Crippen LogP contribution in [-0.2, 0) is 6.42 Å². The van der Waals surface area contributed by atoms with Crippen LogP contribution >= 0.6 is 0 Å². The Bertz CT molecular complexity index is 846. The Morgan fingerprint density at radius 3 is 2.09 bits per heavy atom. The topological polar surface area (TPSA) is 32.9 Å². The number of carbonyl (C=O) groups is 1. The van der Waals surface area contributed by atoms with E-state index >= 15 is 0 Å². The molecule has 4 rings (SSSR count). The Hall–Kier alpha value is -2.61.